The molecule has 0 saturated heterocycles. The van der Waals surface area contributed by atoms with Crippen LogP contribution in [0.3, 0.4) is 0 Å². The summed E-state index contributed by atoms with van der Waals surface area (Å²) in [4.78, 5) is 0. The maximum absolute atomic E-state index is 11.8. The molecule has 0 aliphatic heterocycles. The Balaban J connectivity index is 2.51. The zero-order valence-corrected chi connectivity index (χ0v) is 8.91. The van der Waals surface area contributed by atoms with E-state index in [1.807, 2.05) is 6.92 Å². The van der Waals surface area contributed by atoms with Gasteiger partial charge in [0.25, 0.3) is 0 Å². The molecule has 0 saturated carbocycles. The van der Waals surface area contributed by atoms with Crippen LogP contribution >= 0.6 is 11.6 Å². The fraction of sp³-hybridized carbons (Fsp3) is 0.400. The highest BCUT2D eigenvalue weighted by molar-refractivity contribution is 6.30. The first-order valence-corrected chi connectivity index (χ1v) is 4.78. The third-order valence-corrected chi connectivity index (χ3v) is 1.97. The molecule has 0 heterocycles. The van der Waals surface area contributed by atoms with E-state index in [2.05, 4.69) is 5.32 Å². The molecule has 0 amide bonds. The molecular weight excluding hydrogens is 227 g/mol. The molecule has 0 radical (unpaired) electrons. The van der Waals surface area contributed by atoms with Gasteiger partial charge in [0.15, 0.2) is 0 Å². The van der Waals surface area contributed by atoms with Crippen LogP contribution in [0, 0.1) is 6.92 Å². The van der Waals surface area contributed by atoms with E-state index in [4.69, 9.17) is 11.6 Å². The van der Waals surface area contributed by atoms with Crippen LogP contribution in [0.5, 0.6) is 0 Å². The van der Waals surface area contributed by atoms with E-state index in [0.717, 1.165) is 11.1 Å². The standard InChI is InChI=1S/C10H11ClF3N/c1-7-2-8(4-9(11)3-7)5-15-6-10(12,13)14/h2-4,15H,5-6H2,1H3. The normalized spacial score (nSPS) is 11.8. The minimum absolute atomic E-state index is 0.168. The monoisotopic (exact) mass is 237 g/mol. The summed E-state index contributed by atoms with van der Waals surface area (Å²) < 4.78 is 35.5. The van der Waals surface area contributed by atoms with Crippen molar-refractivity contribution < 1.29 is 13.2 Å². The largest absolute Gasteiger partial charge is 0.401 e. The van der Waals surface area contributed by atoms with Crippen LogP contribution in [0.4, 0.5) is 13.2 Å². The Hall–Kier alpha value is -0.740. The number of hydrogen-bond donors (Lipinski definition) is 1. The van der Waals surface area contributed by atoms with Gasteiger partial charge in [0.2, 0.25) is 0 Å². The van der Waals surface area contributed by atoms with Crippen molar-refractivity contribution in [3.63, 3.8) is 0 Å². The molecule has 0 unspecified atom stereocenters. The first-order valence-electron chi connectivity index (χ1n) is 4.40. The van der Waals surface area contributed by atoms with Crippen LogP contribution in [-0.2, 0) is 6.54 Å². The van der Waals surface area contributed by atoms with Crippen LogP contribution in [0.25, 0.3) is 0 Å². The first-order chi connectivity index (χ1) is 6.87. The smallest absolute Gasteiger partial charge is 0.305 e. The molecular formula is C10H11ClF3N. The summed E-state index contributed by atoms with van der Waals surface area (Å²) in [7, 11) is 0. The molecule has 5 heteroatoms. The lowest BCUT2D eigenvalue weighted by Gasteiger charge is -2.08. The molecule has 0 aromatic heterocycles. The summed E-state index contributed by atoms with van der Waals surface area (Å²) in [5, 5.41) is 2.85. The maximum atomic E-state index is 11.8. The molecule has 0 bridgehead atoms. The van der Waals surface area contributed by atoms with E-state index in [9.17, 15) is 13.2 Å². The molecule has 1 rings (SSSR count). The average molecular weight is 238 g/mol. The Bertz CT molecular complexity index is 316. The average Bonchev–Trinajstić information content (AvgIpc) is 1.99. The van der Waals surface area contributed by atoms with Crippen LogP contribution in [0.1, 0.15) is 11.1 Å². The fourth-order valence-corrected chi connectivity index (χ4v) is 1.57. The highest BCUT2D eigenvalue weighted by atomic mass is 35.5. The molecule has 0 aliphatic carbocycles. The summed E-state index contributed by atoms with van der Waals surface area (Å²) in [5.41, 5.74) is 1.69. The Labute approximate surface area is 91.2 Å². The van der Waals surface area contributed by atoms with E-state index in [1.165, 1.54) is 0 Å². The lowest BCUT2D eigenvalue weighted by molar-refractivity contribution is -0.125. The molecule has 1 N–H and O–H groups in total. The Morgan fingerprint density at radius 1 is 1.27 bits per heavy atom. The van der Waals surface area contributed by atoms with Gasteiger partial charge in [0, 0.05) is 11.6 Å². The lowest BCUT2D eigenvalue weighted by atomic mass is 10.1. The van der Waals surface area contributed by atoms with Crippen LogP contribution < -0.4 is 5.32 Å². The van der Waals surface area contributed by atoms with Crippen LogP contribution in [-0.4, -0.2) is 12.7 Å². The predicted molar refractivity (Wildman–Crippen MR) is 54.0 cm³/mol. The number of nitrogens with one attached hydrogen (secondary N) is 1. The molecule has 15 heavy (non-hydrogen) atoms. The fourth-order valence-electron chi connectivity index (χ4n) is 1.26. The van der Waals surface area contributed by atoms with Gasteiger partial charge in [-0.3, -0.25) is 0 Å². The minimum atomic E-state index is -4.17. The maximum Gasteiger partial charge on any atom is 0.401 e. The van der Waals surface area contributed by atoms with E-state index in [0.29, 0.717) is 5.02 Å². The highest BCUT2D eigenvalue weighted by Crippen LogP contribution is 2.15. The van der Waals surface area contributed by atoms with E-state index >= 15 is 0 Å². The number of aryl methyl sites for hydroxylation is 1. The second-order valence-corrected chi connectivity index (χ2v) is 3.79. The summed E-state index contributed by atoms with van der Waals surface area (Å²) in [6.07, 6.45) is -4.17. The summed E-state index contributed by atoms with van der Waals surface area (Å²) in [6, 6.07) is 5.21. The molecule has 84 valence electrons. The van der Waals surface area contributed by atoms with Gasteiger partial charge in [-0.05, 0) is 30.2 Å². The highest BCUT2D eigenvalue weighted by Gasteiger charge is 2.25. The second-order valence-electron chi connectivity index (χ2n) is 3.36. The minimum Gasteiger partial charge on any atom is -0.305 e. The molecule has 1 nitrogen and oxygen atoms in total. The first kappa shape index (κ1) is 12.3. The van der Waals surface area contributed by atoms with Crippen LogP contribution in [0.2, 0.25) is 5.02 Å². The molecule has 1 aromatic carbocycles. The van der Waals surface area contributed by atoms with Crippen molar-refractivity contribution >= 4 is 11.6 Å². The number of rotatable bonds is 3. The van der Waals surface area contributed by atoms with Crippen molar-refractivity contribution in [2.75, 3.05) is 6.54 Å². The van der Waals surface area contributed by atoms with Crippen molar-refractivity contribution in [3.05, 3.63) is 34.3 Å². The third kappa shape index (κ3) is 5.04. The number of benzene rings is 1. The van der Waals surface area contributed by atoms with Gasteiger partial charge >= 0.3 is 6.18 Å². The van der Waals surface area contributed by atoms with Gasteiger partial charge in [0.05, 0.1) is 6.54 Å². The van der Waals surface area contributed by atoms with Crippen molar-refractivity contribution in [1.82, 2.24) is 5.32 Å². The predicted octanol–water partition coefficient (Wildman–Crippen LogP) is 3.30. The molecule has 0 atom stereocenters. The van der Waals surface area contributed by atoms with Crippen molar-refractivity contribution in [2.45, 2.75) is 19.6 Å². The molecule has 1 aromatic rings. The van der Waals surface area contributed by atoms with Gasteiger partial charge in [0.1, 0.15) is 0 Å². The Morgan fingerprint density at radius 2 is 1.93 bits per heavy atom. The van der Waals surface area contributed by atoms with E-state index < -0.39 is 12.7 Å². The van der Waals surface area contributed by atoms with Crippen molar-refractivity contribution in [1.29, 1.82) is 0 Å². The Kier molecular flexibility index (Phi) is 3.99. The molecule has 0 spiro atoms. The third-order valence-electron chi connectivity index (χ3n) is 1.76. The van der Waals surface area contributed by atoms with Gasteiger partial charge in [-0.15, -0.1) is 0 Å². The van der Waals surface area contributed by atoms with Gasteiger partial charge in [-0.25, -0.2) is 0 Å². The van der Waals surface area contributed by atoms with Crippen molar-refractivity contribution in [2.24, 2.45) is 0 Å². The van der Waals surface area contributed by atoms with Crippen LogP contribution in [0.15, 0.2) is 18.2 Å². The molecule has 0 fully saturated rings. The van der Waals surface area contributed by atoms with E-state index in [1.54, 1.807) is 18.2 Å². The second kappa shape index (κ2) is 4.86. The summed E-state index contributed by atoms with van der Waals surface area (Å²) in [6.45, 7) is 1.03. The SMILES string of the molecule is Cc1cc(Cl)cc(CNCC(F)(F)F)c1. The van der Waals surface area contributed by atoms with E-state index in [-0.39, 0.29) is 6.54 Å². The zero-order chi connectivity index (χ0) is 11.5. The topological polar surface area (TPSA) is 12.0 Å². The number of halogens is 4. The summed E-state index contributed by atoms with van der Waals surface area (Å²) >= 11 is 5.77. The number of alkyl halides is 3. The quantitative estimate of drug-likeness (QED) is 0.851. The summed E-state index contributed by atoms with van der Waals surface area (Å²) in [5.74, 6) is 0. The number of hydrogen-bond acceptors (Lipinski definition) is 1. The molecule has 0 aliphatic rings. The van der Waals surface area contributed by atoms with Gasteiger partial charge in [-0.1, -0.05) is 17.7 Å². The van der Waals surface area contributed by atoms with Gasteiger partial charge in [-0.2, -0.15) is 13.2 Å². The van der Waals surface area contributed by atoms with Gasteiger partial charge < -0.3 is 5.32 Å². The van der Waals surface area contributed by atoms with Crippen molar-refractivity contribution in [3.8, 4) is 0 Å². The lowest BCUT2D eigenvalue weighted by Crippen LogP contribution is -2.28. The Morgan fingerprint density at radius 3 is 2.47 bits per heavy atom. The zero-order valence-electron chi connectivity index (χ0n) is 8.16.